The van der Waals surface area contributed by atoms with E-state index in [1.807, 2.05) is 42.5 Å². The lowest BCUT2D eigenvalue weighted by molar-refractivity contribution is -0.133. The average molecular weight is 420 g/mol. The molecule has 0 aromatic heterocycles. The molecule has 1 aliphatic carbocycles. The van der Waals surface area contributed by atoms with Crippen LogP contribution in [0.1, 0.15) is 22.6 Å². The Morgan fingerprint density at radius 3 is 2.27 bits per heavy atom. The van der Waals surface area contributed by atoms with Gasteiger partial charge in [-0.3, -0.25) is 10.1 Å². The second-order valence-electron chi connectivity index (χ2n) is 7.04. The fourth-order valence-corrected chi connectivity index (χ4v) is 4.44. The number of carbonyl (C=O) groups is 2. The minimum Gasteiger partial charge on any atom is -0.481 e. The van der Waals surface area contributed by atoms with Crippen LogP contribution >= 0.6 is 11.8 Å². The minimum absolute atomic E-state index is 0.0157. The number of anilines is 1. The van der Waals surface area contributed by atoms with Crippen molar-refractivity contribution in [2.75, 3.05) is 17.7 Å². The van der Waals surface area contributed by atoms with Crippen molar-refractivity contribution in [3.05, 3.63) is 89.5 Å². The summed E-state index contributed by atoms with van der Waals surface area (Å²) in [5.74, 6) is -0.217. The van der Waals surface area contributed by atoms with Crippen LogP contribution in [-0.4, -0.2) is 29.5 Å². The lowest BCUT2D eigenvalue weighted by Crippen LogP contribution is -2.18. The quantitative estimate of drug-likeness (QED) is 0.539. The number of benzene rings is 3. The van der Waals surface area contributed by atoms with E-state index in [4.69, 9.17) is 9.84 Å². The SMILES string of the molecule is O=C(O)CSCc1cccc(NC(=O)OCC2c3ccccc3-c3ccccc32)c1. The fourth-order valence-electron chi connectivity index (χ4n) is 3.75. The standard InChI is InChI=1S/C24H21NO4S/c26-23(27)15-30-14-16-6-5-7-17(12-16)25-24(28)29-13-22-20-10-3-1-8-18(20)19-9-2-4-11-21(19)22/h1-12,22H,13-15H2,(H,25,28)(H,26,27). The Bertz CT molecular complexity index is 1040. The lowest BCUT2D eigenvalue weighted by atomic mass is 9.98. The van der Waals surface area contributed by atoms with E-state index < -0.39 is 12.1 Å². The van der Waals surface area contributed by atoms with Crippen molar-refractivity contribution < 1.29 is 19.4 Å². The first kappa shape index (κ1) is 20.0. The van der Waals surface area contributed by atoms with E-state index in [-0.39, 0.29) is 18.3 Å². The lowest BCUT2D eigenvalue weighted by Gasteiger charge is -2.15. The fraction of sp³-hybridized carbons (Fsp3) is 0.167. The minimum atomic E-state index is -0.840. The van der Waals surface area contributed by atoms with Gasteiger partial charge in [0.05, 0.1) is 5.75 Å². The van der Waals surface area contributed by atoms with Gasteiger partial charge in [0, 0.05) is 17.4 Å². The van der Waals surface area contributed by atoms with Crippen LogP contribution in [0.25, 0.3) is 11.1 Å². The molecule has 0 spiro atoms. The van der Waals surface area contributed by atoms with E-state index >= 15 is 0 Å². The van der Waals surface area contributed by atoms with Crippen molar-refractivity contribution in [1.82, 2.24) is 0 Å². The number of carboxylic acid groups (broad SMARTS) is 1. The van der Waals surface area contributed by atoms with Gasteiger partial charge in [0.25, 0.3) is 0 Å². The monoisotopic (exact) mass is 419 g/mol. The van der Waals surface area contributed by atoms with Gasteiger partial charge in [-0.05, 0) is 39.9 Å². The number of thioether (sulfide) groups is 1. The molecule has 0 radical (unpaired) electrons. The molecule has 3 aromatic rings. The van der Waals surface area contributed by atoms with E-state index in [0.717, 1.165) is 5.56 Å². The smallest absolute Gasteiger partial charge is 0.411 e. The van der Waals surface area contributed by atoms with Crippen LogP contribution in [0.3, 0.4) is 0 Å². The molecule has 152 valence electrons. The van der Waals surface area contributed by atoms with Gasteiger partial charge in [-0.25, -0.2) is 4.79 Å². The zero-order valence-electron chi connectivity index (χ0n) is 16.2. The summed E-state index contributed by atoms with van der Waals surface area (Å²) in [4.78, 5) is 23.0. The molecule has 6 heteroatoms. The number of amides is 1. The van der Waals surface area contributed by atoms with Gasteiger partial charge < -0.3 is 9.84 Å². The van der Waals surface area contributed by atoms with Gasteiger partial charge in [0.2, 0.25) is 0 Å². The molecule has 4 rings (SSSR count). The molecule has 0 saturated carbocycles. The molecule has 1 amide bonds. The third-order valence-corrected chi connectivity index (χ3v) is 6.00. The summed E-state index contributed by atoms with van der Waals surface area (Å²) in [6.07, 6.45) is -0.507. The number of rotatable bonds is 7. The first-order chi connectivity index (χ1) is 14.6. The summed E-state index contributed by atoms with van der Waals surface area (Å²) in [7, 11) is 0. The molecule has 3 aromatic carbocycles. The Morgan fingerprint density at radius 1 is 0.933 bits per heavy atom. The molecule has 0 atom stereocenters. The predicted octanol–water partition coefficient (Wildman–Crippen LogP) is 5.37. The Balaban J connectivity index is 1.38. The van der Waals surface area contributed by atoms with E-state index in [1.54, 1.807) is 6.07 Å². The van der Waals surface area contributed by atoms with Crippen LogP contribution in [0.4, 0.5) is 10.5 Å². The van der Waals surface area contributed by atoms with Gasteiger partial charge in [0.1, 0.15) is 6.61 Å². The van der Waals surface area contributed by atoms with Crippen molar-refractivity contribution in [3.63, 3.8) is 0 Å². The molecule has 0 aliphatic heterocycles. The summed E-state index contributed by atoms with van der Waals surface area (Å²) in [5.41, 5.74) is 6.29. The van der Waals surface area contributed by atoms with Crippen LogP contribution < -0.4 is 5.32 Å². The number of carbonyl (C=O) groups excluding carboxylic acids is 1. The Kier molecular flexibility index (Phi) is 6.05. The zero-order chi connectivity index (χ0) is 20.9. The van der Waals surface area contributed by atoms with E-state index in [2.05, 4.69) is 29.6 Å². The number of nitrogens with one attached hydrogen (secondary N) is 1. The highest BCUT2D eigenvalue weighted by Crippen LogP contribution is 2.44. The molecular formula is C24H21NO4S. The maximum Gasteiger partial charge on any atom is 0.411 e. The summed E-state index contributed by atoms with van der Waals surface area (Å²) in [5, 5.41) is 11.5. The maximum absolute atomic E-state index is 12.4. The van der Waals surface area contributed by atoms with Gasteiger partial charge >= 0.3 is 12.1 Å². The average Bonchev–Trinajstić information content (AvgIpc) is 3.06. The van der Waals surface area contributed by atoms with Crippen molar-refractivity contribution in [1.29, 1.82) is 0 Å². The number of hydrogen-bond donors (Lipinski definition) is 2. The molecule has 5 nitrogen and oxygen atoms in total. The second-order valence-corrected chi connectivity index (χ2v) is 8.02. The van der Waals surface area contributed by atoms with Crippen molar-refractivity contribution in [2.45, 2.75) is 11.7 Å². The summed E-state index contributed by atoms with van der Waals surface area (Å²) >= 11 is 1.31. The number of carboxylic acids is 1. The van der Waals surface area contributed by atoms with Gasteiger partial charge in [-0.15, -0.1) is 11.8 Å². The normalized spacial score (nSPS) is 12.1. The van der Waals surface area contributed by atoms with Crippen LogP contribution in [0.2, 0.25) is 0 Å². The summed E-state index contributed by atoms with van der Waals surface area (Å²) in [6, 6.07) is 23.8. The Labute approximate surface area is 179 Å². The number of ether oxygens (including phenoxy) is 1. The topological polar surface area (TPSA) is 75.6 Å². The molecular weight excluding hydrogens is 398 g/mol. The Hall–Kier alpha value is -3.25. The molecule has 2 N–H and O–H groups in total. The molecule has 0 fully saturated rings. The van der Waals surface area contributed by atoms with Crippen LogP contribution in [0.5, 0.6) is 0 Å². The second kappa shape index (κ2) is 9.05. The highest BCUT2D eigenvalue weighted by molar-refractivity contribution is 7.99. The molecule has 1 aliphatic rings. The molecule has 30 heavy (non-hydrogen) atoms. The van der Waals surface area contributed by atoms with E-state index in [0.29, 0.717) is 11.4 Å². The number of fused-ring (bicyclic) bond motifs is 3. The predicted molar refractivity (Wildman–Crippen MR) is 119 cm³/mol. The summed E-state index contributed by atoms with van der Waals surface area (Å²) in [6.45, 7) is 0.258. The third-order valence-electron chi connectivity index (χ3n) is 5.01. The first-order valence-electron chi connectivity index (χ1n) is 9.62. The summed E-state index contributed by atoms with van der Waals surface area (Å²) < 4.78 is 5.56. The molecule has 0 saturated heterocycles. The van der Waals surface area contributed by atoms with Crippen LogP contribution in [0, 0.1) is 0 Å². The van der Waals surface area contributed by atoms with Gasteiger partial charge in [-0.1, -0.05) is 60.7 Å². The molecule has 0 bridgehead atoms. The first-order valence-corrected chi connectivity index (χ1v) is 10.8. The molecule has 0 unspecified atom stereocenters. The largest absolute Gasteiger partial charge is 0.481 e. The van der Waals surface area contributed by atoms with Crippen molar-refractivity contribution >= 4 is 29.5 Å². The third kappa shape index (κ3) is 4.49. The van der Waals surface area contributed by atoms with Crippen LogP contribution in [-0.2, 0) is 15.3 Å². The number of hydrogen-bond acceptors (Lipinski definition) is 4. The van der Waals surface area contributed by atoms with Crippen LogP contribution in [0.15, 0.2) is 72.8 Å². The van der Waals surface area contributed by atoms with E-state index in [9.17, 15) is 9.59 Å². The van der Waals surface area contributed by atoms with Crippen molar-refractivity contribution in [2.24, 2.45) is 0 Å². The highest BCUT2D eigenvalue weighted by Gasteiger charge is 2.28. The van der Waals surface area contributed by atoms with E-state index in [1.165, 1.54) is 34.0 Å². The number of aliphatic carboxylic acids is 1. The van der Waals surface area contributed by atoms with Gasteiger partial charge in [-0.2, -0.15) is 0 Å². The maximum atomic E-state index is 12.4. The highest BCUT2D eigenvalue weighted by atomic mass is 32.2. The zero-order valence-corrected chi connectivity index (χ0v) is 17.0. The van der Waals surface area contributed by atoms with Gasteiger partial charge in [0.15, 0.2) is 0 Å². The van der Waals surface area contributed by atoms with Crippen molar-refractivity contribution in [3.8, 4) is 11.1 Å². The molecule has 0 heterocycles. The Morgan fingerprint density at radius 2 is 1.60 bits per heavy atom.